The van der Waals surface area contributed by atoms with Gasteiger partial charge in [-0.25, -0.2) is 0 Å². The van der Waals surface area contributed by atoms with Gasteiger partial charge in [0, 0.05) is 20.1 Å². The van der Waals surface area contributed by atoms with Crippen molar-refractivity contribution in [2.75, 3.05) is 30.8 Å². The van der Waals surface area contributed by atoms with E-state index in [4.69, 9.17) is 0 Å². The zero-order chi connectivity index (χ0) is 15.4. The van der Waals surface area contributed by atoms with E-state index >= 15 is 0 Å². The maximum Gasteiger partial charge on any atom is 0.244 e. The van der Waals surface area contributed by atoms with Crippen LogP contribution in [-0.4, -0.2) is 48.9 Å². The van der Waals surface area contributed by atoms with Crippen molar-refractivity contribution in [2.24, 2.45) is 0 Å². The summed E-state index contributed by atoms with van der Waals surface area (Å²) in [5.74, 6) is -0.266. The SMILES string of the molecule is CCN(C)C(=O)C(C)NC(=O)C1CNc2ccccc2N1. The molecule has 0 bridgehead atoms. The molecule has 0 radical (unpaired) electrons. The van der Waals surface area contributed by atoms with Crippen LogP contribution in [0.15, 0.2) is 24.3 Å². The third-order valence-corrected chi connectivity index (χ3v) is 3.65. The molecule has 1 aliphatic heterocycles. The molecule has 2 amide bonds. The summed E-state index contributed by atoms with van der Waals surface area (Å²) in [6.07, 6.45) is 0. The fourth-order valence-corrected chi connectivity index (χ4v) is 2.23. The van der Waals surface area contributed by atoms with Crippen molar-refractivity contribution < 1.29 is 9.59 Å². The predicted molar refractivity (Wildman–Crippen MR) is 83.3 cm³/mol. The van der Waals surface area contributed by atoms with Crippen LogP contribution in [0.1, 0.15) is 13.8 Å². The zero-order valence-electron chi connectivity index (χ0n) is 12.6. The molecule has 2 atom stereocenters. The van der Waals surface area contributed by atoms with E-state index in [-0.39, 0.29) is 17.9 Å². The predicted octanol–water partition coefficient (Wildman–Crippen LogP) is 0.876. The van der Waals surface area contributed by atoms with Crippen LogP contribution < -0.4 is 16.0 Å². The number of nitrogens with zero attached hydrogens (tertiary/aromatic N) is 1. The van der Waals surface area contributed by atoms with Crippen LogP contribution in [0.4, 0.5) is 11.4 Å². The van der Waals surface area contributed by atoms with Gasteiger partial charge in [0.15, 0.2) is 0 Å². The highest BCUT2D eigenvalue weighted by Gasteiger charge is 2.26. The van der Waals surface area contributed by atoms with Crippen molar-refractivity contribution in [3.05, 3.63) is 24.3 Å². The van der Waals surface area contributed by atoms with E-state index in [1.807, 2.05) is 31.2 Å². The molecule has 0 fully saturated rings. The minimum Gasteiger partial charge on any atom is -0.381 e. The van der Waals surface area contributed by atoms with Crippen molar-refractivity contribution in [2.45, 2.75) is 25.9 Å². The molecule has 6 nitrogen and oxygen atoms in total. The van der Waals surface area contributed by atoms with Crippen LogP contribution >= 0.6 is 0 Å². The summed E-state index contributed by atoms with van der Waals surface area (Å²) in [6.45, 7) is 4.72. The number of likely N-dealkylation sites (N-methyl/N-ethyl adjacent to an activating group) is 1. The Balaban J connectivity index is 1.95. The van der Waals surface area contributed by atoms with E-state index < -0.39 is 6.04 Å². The lowest BCUT2D eigenvalue weighted by molar-refractivity contribution is -0.134. The number of fused-ring (bicyclic) bond motifs is 1. The second kappa shape index (κ2) is 6.47. The molecule has 6 heteroatoms. The van der Waals surface area contributed by atoms with Crippen molar-refractivity contribution in [3.63, 3.8) is 0 Å². The summed E-state index contributed by atoms with van der Waals surface area (Å²) in [5, 5.41) is 9.16. The van der Waals surface area contributed by atoms with Gasteiger partial charge in [0.25, 0.3) is 0 Å². The lowest BCUT2D eigenvalue weighted by Crippen LogP contribution is -2.52. The Kier molecular flexibility index (Phi) is 4.67. The number of benzene rings is 1. The fraction of sp³-hybridized carbons (Fsp3) is 0.467. The molecule has 0 saturated heterocycles. The van der Waals surface area contributed by atoms with Crippen LogP contribution in [0.5, 0.6) is 0 Å². The van der Waals surface area contributed by atoms with E-state index in [1.165, 1.54) is 0 Å². The van der Waals surface area contributed by atoms with Gasteiger partial charge in [-0.15, -0.1) is 0 Å². The average Bonchev–Trinajstić information content (AvgIpc) is 2.52. The smallest absolute Gasteiger partial charge is 0.244 e. The van der Waals surface area contributed by atoms with Gasteiger partial charge in [0.1, 0.15) is 12.1 Å². The molecule has 2 rings (SSSR count). The standard InChI is InChI=1S/C15H22N4O2/c1-4-19(3)15(21)10(2)17-14(20)13-9-16-11-7-5-6-8-12(11)18-13/h5-8,10,13,16,18H,4,9H2,1-3H3,(H,17,20). The van der Waals surface area contributed by atoms with Crippen LogP contribution in [0, 0.1) is 0 Å². The van der Waals surface area contributed by atoms with Gasteiger partial charge in [0.2, 0.25) is 11.8 Å². The van der Waals surface area contributed by atoms with Gasteiger partial charge in [-0.2, -0.15) is 0 Å². The Bertz CT molecular complexity index is 532. The minimum atomic E-state index is -0.526. The maximum atomic E-state index is 12.2. The first-order chi connectivity index (χ1) is 10.0. The summed E-state index contributed by atoms with van der Waals surface area (Å²) in [7, 11) is 1.72. The van der Waals surface area contributed by atoms with Gasteiger partial charge in [-0.05, 0) is 26.0 Å². The Labute approximate surface area is 124 Å². The molecule has 1 aromatic rings. The van der Waals surface area contributed by atoms with E-state index in [1.54, 1.807) is 18.9 Å². The third kappa shape index (κ3) is 3.45. The van der Waals surface area contributed by atoms with E-state index in [9.17, 15) is 9.59 Å². The molecule has 114 valence electrons. The summed E-state index contributed by atoms with van der Waals surface area (Å²) < 4.78 is 0. The van der Waals surface area contributed by atoms with E-state index in [0.717, 1.165) is 11.4 Å². The van der Waals surface area contributed by atoms with E-state index in [2.05, 4.69) is 16.0 Å². The first-order valence-corrected chi connectivity index (χ1v) is 7.17. The monoisotopic (exact) mass is 290 g/mol. The summed E-state index contributed by atoms with van der Waals surface area (Å²) in [4.78, 5) is 25.8. The maximum absolute atomic E-state index is 12.2. The topological polar surface area (TPSA) is 73.5 Å². The Morgan fingerprint density at radius 3 is 2.71 bits per heavy atom. The molecule has 0 aliphatic carbocycles. The number of nitrogens with one attached hydrogen (secondary N) is 3. The van der Waals surface area contributed by atoms with Crippen LogP contribution in [0.25, 0.3) is 0 Å². The molecule has 0 aromatic heterocycles. The van der Waals surface area contributed by atoms with Crippen molar-refractivity contribution in [1.82, 2.24) is 10.2 Å². The highest BCUT2D eigenvalue weighted by Crippen LogP contribution is 2.25. The van der Waals surface area contributed by atoms with Crippen molar-refractivity contribution in [3.8, 4) is 0 Å². The van der Waals surface area contributed by atoms with Crippen LogP contribution in [0.2, 0.25) is 0 Å². The van der Waals surface area contributed by atoms with E-state index in [0.29, 0.717) is 13.1 Å². The number of carbonyl (C=O) groups excluding carboxylic acids is 2. The average molecular weight is 290 g/mol. The molecule has 0 saturated carbocycles. The Hall–Kier alpha value is -2.24. The molecule has 1 heterocycles. The summed E-state index contributed by atoms with van der Waals surface area (Å²) in [5.41, 5.74) is 1.88. The number of carbonyl (C=O) groups is 2. The van der Waals surface area contributed by atoms with Gasteiger partial charge >= 0.3 is 0 Å². The largest absolute Gasteiger partial charge is 0.381 e. The van der Waals surface area contributed by atoms with Crippen molar-refractivity contribution in [1.29, 1.82) is 0 Å². The van der Waals surface area contributed by atoms with Gasteiger partial charge in [0.05, 0.1) is 11.4 Å². The molecular weight excluding hydrogens is 268 g/mol. The summed E-state index contributed by atoms with van der Waals surface area (Å²) in [6, 6.07) is 6.81. The van der Waals surface area contributed by atoms with Gasteiger partial charge in [-0.1, -0.05) is 12.1 Å². The molecule has 0 spiro atoms. The normalized spacial score (nSPS) is 17.8. The highest BCUT2D eigenvalue weighted by molar-refractivity contribution is 5.92. The Morgan fingerprint density at radius 2 is 2.05 bits per heavy atom. The van der Waals surface area contributed by atoms with Gasteiger partial charge in [-0.3, -0.25) is 9.59 Å². The first kappa shape index (κ1) is 15.2. The Morgan fingerprint density at radius 1 is 1.38 bits per heavy atom. The number of amides is 2. The third-order valence-electron chi connectivity index (χ3n) is 3.65. The second-order valence-corrected chi connectivity index (χ2v) is 5.21. The molecule has 1 aliphatic rings. The number of para-hydroxylation sites is 2. The molecular formula is C15H22N4O2. The lowest BCUT2D eigenvalue weighted by atomic mass is 10.1. The number of rotatable bonds is 4. The molecule has 2 unspecified atom stereocenters. The molecule has 1 aromatic carbocycles. The number of anilines is 2. The first-order valence-electron chi connectivity index (χ1n) is 7.17. The number of hydrogen-bond acceptors (Lipinski definition) is 4. The second-order valence-electron chi connectivity index (χ2n) is 5.21. The van der Waals surface area contributed by atoms with Crippen LogP contribution in [0.3, 0.4) is 0 Å². The quantitative estimate of drug-likeness (QED) is 0.769. The van der Waals surface area contributed by atoms with Crippen LogP contribution in [-0.2, 0) is 9.59 Å². The van der Waals surface area contributed by atoms with Gasteiger partial charge < -0.3 is 20.9 Å². The minimum absolute atomic E-state index is 0.0879. The fourth-order valence-electron chi connectivity index (χ4n) is 2.23. The molecule has 21 heavy (non-hydrogen) atoms. The number of hydrogen-bond donors (Lipinski definition) is 3. The highest BCUT2D eigenvalue weighted by atomic mass is 16.2. The molecule has 3 N–H and O–H groups in total. The lowest BCUT2D eigenvalue weighted by Gasteiger charge is -2.29. The van der Waals surface area contributed by atoms with Crippen molar-refractivity contribution >= 4 is 23.2 Å². The summed E-state index contributed by atoms with van der Waals surface area (Å²) >= 11 is 0. The zero-order valence-corrected chi connectivity index (χ0v) is 12.6.